The van der Waals surface area contributed by atoms with Crippen LogP contribution >= 0.6 is 0 Å². The molecule has 0 aliphatic carbocycles. The summed E-state index contributed by atoms with van der Waals surface area (Å²) in [5.41, 5.74) is -0.251. The maximum Gasteiger partial charge on any atom is 0.573 e. The van der Waals surface area contributed by atoms with Crippen LogP contribution in [0.2, 0.25) is 0 Å². The number of hydrogen-bond donors (Lipinski definition) is 1. The molecule has 0 saturated carbocycles. The highest BCUT2D eigenvalue weighted by atomic mass is 19.4. The van der Waals surface area contributed by atoms with Gasteiger partial charge in [-0.3, -0.25) is 4.79 Å². The van der Waals surface area contributed by atoms with Crippen LogP contribution in [0.5, 0.6) is 5.75 Å². The van der Waals surface area contributed by atoms with Crippen molar-refractivity contribution in [1.29, 1.82) is 0 Å². The molecule has 0 aliphatic heterocycles. The Kier molecular flexibility index (Phi) is 5.03. The standard InChI is InChI=1S/C14H17F3O3/c1-3-8-13(2,12(18)19)9-10-4-6-11(7-5-10)20-14(15,16)17/h4-7H,3,8-9H2,1-2H3,(H,18,19). The fourth-order valence-electron chi connectivity index (χ4n) is 2.08. The summed E-state index contributed by atoms with van der Waals surface area (Å²) in [6, 6.07) is 5.30. The SMILES string of the molecule is CCCC(C)(Cc1ccc(OC(F)(F)F)cc1)C(=O)O. The summed E-state index contributed by atoms with van der Waals surface area (Å²) in [6.07, 6.45) is -3.23. The minimum Gasteiger partial charge on any atom is -0.481 e. The second-order valence-corrected chi connectivity index (χ2v) is 4.98. The van der Waals surface area contributed by atoms with Gasteiger partial charge in [-0.1, -0.05) is 25.5 Å². The number of carboxylic acids is 1. The third-order valence-corrected chi connectivity index (χ3v) is 3.07. The van der Waals surface area contributed by atoms with Crippen LogP contribution in [0.1, 0.15) is 32.3 Å². The van der Waals surface area contributed by atoms with Gasteiger partial charge in [0.05, 0.1) is 5.41 Å². The van der Waals surface area contributed by atoms with E-state index in [4.69, 9.17) is 0 Å². The van der Waals surface area contributed by atoms with E-state index in [0.29, 0.717) is 12.0 Å². The number of carbonyl (C=O) groups is 1. The summed E-state index contributed by atoms with van der Waals surface area (Å²) in [7, 11) is 0. The Morgan fingerprint density at radius 2 is 1.80 bits per heavy atom. The van der Waals surface area contributed by atoms with Crippen molar-refractivity contribution in [3.63, 3.8) is 0 Å². The van der Waals surface area contributed by atoms with Crippen molar-refractivity contribution in [2.24, 2.45) is 5.41 Å². The predicted molar refractivity (Wildman–Crippen MR) is 67.5 cm³/mol. The van der Waals surface area contributed by atoms with E-state index in [9.17, 15) is 23.1 Å². The van der Waals surface area contributed by atoms with E-state index in [2.05, 4.69) is 4.74 Å². The summed E-state index contributed by atoms with van der Waals surface area (Å²) < 4.78 is 39.8. The first-order chi connectivity index (χ1) is 9.16. The zero-order chi connectivity index (χ0) is 15.4. The van der Waals surface area contributed by atoms with Crippen LogP contribution in [0.4, 0.5) is 13.2 Å². The lowest BCUT2D eigenvalue weighted by Gasteiger charge is -2.24. The third kappa shape index (κ3) is 4.75. The summed E-state index contributed by atoms with van der Waals surface area (Å²) in [4.78, 5) is 11.3. The van der Waals surface area contributed by atoms with Crippen molar-refractivity contribution >= 4 is 5.97 Å². The van der Waals surface area contributed by atoms with E-state index < -0.39 is 17.7 Å². The van der Waals surface area contributed by atoms with Crippen molar-refractivity contribution < 1.29 is 27.8 Å². The van der Waals surface area contributed by atoms with Gasteiger partial charge in [0, 0.05) is 0 Å². The van der Waals surface area contributed by atoms with Crippen LogP contribution in [0.25, 0.3) is 0 Å². The molecule has 6 heteroatoms. The summed E-state index contributed by atoms with van der Waals surface area (Å²) in [5, 5.41) is 9.26. The molecule has 0 saturated heterocycles. The molecule has 1 N–H and O–H groups in total. The van der Waals surface area contributed by atoms with Crippen molar-refractivity contribution in [2.75, 3.05) is 0 Å². The molecule has 1 atom stereocenters. The molecular formula is C14H17F3O3. The topological polar surface area (TPSA) is 46.5 Å². The largest absolute Gasteiger partial charge is 0.573 e. The Labute approximate surface area is 115 Å². The van der Waals surface area contributed by atoms with Gasteiger partial charge in [0.1, 0.15) is 5.75 Å². The summed E-state index contributed by atoms with van der Waals surface area (Å²) in [5.74, 6) is -1.22. The quantitative estimate of drug-likeness (QED) is 0.860. The Morgan fingerprint density at radius 3 is 2.20 bits per heavy atom. The van der Waals surface area contributed by atoms with E-state index in [0.717, 1.165) is 6.42 Å². The molecule has 1 rings (SSSR count). The lowest BCUT2D eigenvalue weighted by Crippen LogP contribution is -2.29. The fraction of sp³-hybridized carbons (Fsp3) is 0.500. The van der Waals surface area contributed by atoms with Crippen molar-refractivity contribution in [1.82, 2.24) is 0 Å². The van der Waals surface area contributed by atoms with E-state index in [1.54, 1.807) is 6.92 Å². The average Bonchev–Trinajstić information content (AvgIpc) is 2.30. The van der Waals surface area contributed by atoms with E-state index in [1.165, 1.54) is 24.3 Å². The number of rotatable bonds is 6. The number of benzene rings is 1. The van der Waals surface area contributed by atoms with Crippen molar-refractivity contribution in [3.8, 4) is 5.75 Å². The first kappa shape index (κ1) is 16.3. The Hall–Kier alpha value is -1.72. The number of alkyl halides is 3. The van der Waals surface area contributed by atoms with E-state index in [-0.39, 0.29) is 12.2 Å². The smallest absolute Gasteiger partial charge is 0.481 e. The van der Waals surface area contributed by atoms with Crippen LogP contribution in [0.15, 0.2) is 24.3 Å². The molecule has 1 aromatic rings. The Bertz CT molecular complexity index is 454. The zero-order valence-electron chi connectivity index (χ0n) is 11.3. The maximum atomic E-state index is 12.0. The van der Waals surface area contributed by atoms with Gasteiger partial charge in [0.25, 0.3) is 0 Å². The zero-order valence-corrected chi connectivity index (χ0v) is 11.3. The fourth-order valence-corrected chi connectivity index (χ4v) is 2.08. The molecular weight excluding hydrogens is 273 g/mol. The Morgan fingerprint density at radius 1 is 1.25 bits per heavy atom. The number of aliphatic carboxylic acids is 1. The van der Waals surface area contributed by atoms with Gasteiger partial charge in [-0.2, -0.15) is 0 Å². The van der Waals surface area contributed by atoms with Gasteiger partial charge in [-0.05, 0) is 37.5 Å². The number of carboxylic acid groups (broad SMARTS) is 1. The Balaban J connectivity index is 2.81. The van der Waals surface area contributed by atoms with Gasteiger partial charge in [-0.25, -0.2) is 0 Å². The number of ether oxygens (including phenoxy) is 1. The van der Waals surface area contributed by atoms with Crippen LogP contribution in [-0.4, -0.2) is 17.4 Å². The molecule has 0 spiro atoms. The molecule has 0 heterocycles. The van der Waals surface area contributed by atoms with E-state index in [1.807, 2.05) is 6.92 Å². The first-order valence-corrected chi connectivity index (χ1v) is 6.24. The lowest BCUT2D eigenvalue weighted by atomic mass is 9.80. The van der Waals surface area contributed by atoms with Crippen molar-refractivity contribution in [2.45, 2.75) is 39.5 Å². The second kappa shape index (κ2) is 6.15. The van der Waals surface area contributed by atoms with Gasteiger partial charge in [0.15, 0.2) is 0 Å². The molecule has 0 amide bonds. The average molecular weight is 290 g/mol. The highest BCUT2D eigenvalue weighted by Gasteiger charge is 2.33. The molecule has 0 radical (unpaired) electrons. The highest BCUT2D eigenvalue weighted by molar-refractivity contribution is 5.74. The molecule has 0 aliphatic rings. The maximum absolute atomic E-state index is 12.0. The first-order valence-electron chi connectivity index (χ1n) is 6.24. The van der Waals surface area contributed by atoms with Gasteiger partial charge in [0.2, 0.25) is 0 Å². The monoisotopic (exact) mass is 290 g/mol. The lowest BCUT2D eigenvalue weighted by molar-refractivity contribution is -0.274. The molecule has 0 fully saturated rings. The van der Waals surface area contributed by atoms with Gasteiger partial charge in [-0.15, -0.1) is 13.2 Å². The molecule has 20 heavy (non-hydrogen) atoms. The molecule has 0 bridgehead atoms. The van der Waals surface area contributed by atoms with Crippen molar-refractivity contribution in [3.05, 3.63) is 29.8 Å². The highest BCUT2D eigenvalue weighted by Crippen LogP contribution is 2.30. The molecule has 3 nitrogen and oxygen atoms in total. The molecule has 1 aromatic carbocycles. The summed E-state index contributed by atoms with van der Waals surface area (Å²) in [6.45, 7) is 3.53. The van der Waals surface area contributed by atoms with Crippen LogP contribution in [-0.2, 0) is 11.2 Å². The van der Waals surface area contributed by atoms with Crippen LogP contribution in [0.3, 0.4) is 0 Å². The van der Waals surface area contributed by atoms with Crippen LogP contribution < -0.4 is 4.74 Å². The van der Waals surface area contributed by atoms with Gasteiger partial charge < -0.3 is 9.84 Å². The normalized spacial score (nSPS) is 14.7. The number of hydrogen-bond acceptors (Lipinski definition) is 2. The summed E-state index contributed by atoms with van der Waals surface area (Å²) >= 11 is 0. The minimum atomic E-state index is -4.72. The minimum absolute atomic E-state index is 0.266. The van der Waals surface area contributed by atoms with Crippen LogP contribution in [0, 0.1) is 5.41 Å². The predicted octanol–water partition coefficient (Wildman–Crippen LogP) is 4.02. The van der Waals surface area contributed by atoms with E-state index >= 15 is 0 Å². The third-order valence-electron chi connectivity index (χ3n) is 3.07. The van der Waals surface area contributed by atoms with Gasteiger partial charge >= 0.3 is 12.3 Å². The molecule has 1 unspecified atom stereocenters. The number of halogens is 3. The second-order valence-electron chi connectivity index (χ2n) is 4.98. The molecule has 0 aromatic heterocycles. The molecule has 112 valence electrons.